The van der Waals surface area contributed by atoms with Gasteiger partial charge in [-0.1, -0.05) is 0 Å². The van der Waals surface area contributed by atoms with Gasteiger partial charge in [0.1, 0.15) is 0 Å². The van der Waals surface area contributed by atoms with Crippen molar-refractivity contribution < 1.29 is 9.53 Å². The van der Waals surface area contributed by atoms with Gasteiger partial charge in [0.2, 0.25) is 0 Å². The number of hydrogen-bond donors (Lipinski definition) is 0. The maximum Gasteiger partial charge on any atom is 0.367 e. The van der Waals surface area contributed by atoms with Crippen LogP contribution >= 0.6 is 11.8 Å². The van der Waals surface area contributed by atoms with E-state index in [-0.39, 0.29) is 5.69 Å². The Bertz CT molecular complexity index is 437. The maximum atomic E-state index is 11.6. The second-order valence-electron chi connectivity index (χ2n) is 2.76. The van der Waals surface area contributed by atoms with Gasteiger partial charge in [0.05, 0.1) is 13.7 Å². The molecule has 0 aliphatic heterocycles. The number of aryl methyl sites for hydroxylation is 1. The standard InChI is InChI=1S/C8H12N4O3S/c1-15-7(13)3-4-11-8(14)12(10-9-11)5-6-16-2/h3-4H,5-6H2,1-2H3/b4-3+. The van der Waals surface area contributed by atoms with Crippen molar-refractivity contribution in [1.29, 1.82) is 0 Å². The van der Waals surface area contributed by atoms with Gasteiger partial charge in [-0.2, -0.15) is 21.1 Å². The first-order valence-corrected chi connectivity index (χ1v) is 5.86. The van der Waals surface area contributed by atoms with Crippen LogP contribution in [0.25, 0.3) is 6.20 Å². The summed E-state index contributed by atoms with van der Waals surface area (Å²) in [6.07, 6.45) is 4.26. The number of carbonyl (C=O) groups excluding carboxylic acids is 1. The predicted molar refractivity (Wildman–Crippen MR) is 60.0 cm³/mol. The topological polar surface area (TPSA) is 79.0 Å². The third-order valence-electron chi connectivity index (χ3n) is 1.72. The Labute approximate surface area is 96.0 Å². The molecule has 0 aliphatic rings. The number of hydrogen-bond acceptors (Lipinski definition) is 6. The van der Waals surface area contributed by atoms with Crippen LogP contribution in [0.15, 0.2) is 10.9 Å². The van der Waals surface area contributed by atoms with Crippen LogP contribution in [0.2, 0.25) is 0 Å². The number of rotatable bonds is 5. The smallest absolute Gasteiger partial charge is 0.367 e. The molecular formula is C8H12N4O3S. The molecule has 1 heterocycles. The number of ether oxygens (including phenoxy) is 1. The lowest BCUT2D eigenvalue weighted by atomic mass is 10.6. The van der Waals surface area contributed by atoms with E-state index in [1.54, 1.807) is 11.8 Å². The minimum atomic E-state index is -0.550. The van der Waals surface area contributed by atoms with Gasteiger partial charge in [0.25, 0.3) is 0 Å². The fraction of sp³-hybridized carbons (Fsp3) is 0.500. The zero-order valence-electron chi connectivity index (χ0n) is 8.99. The maximum absolute atomic E-state index is 11.6. The van der Waals surface area contributed by atoms with Crippen molar-refractivity contribution in [2.75, 3.05) is 19.1 Å². The van der Waals surface area contributed by atoms with Gasteiger partial charge in [0, 0.05) is 18.0 Å². The summed E-state index contributed by atoms with van der Waals surface area (Å²) in [5.41, 5.74) is -0.380. The molecular weight excluding hydrogens is 232 g/mol. The fourth-order valence-electron chi connectivity index (χ4n) is 0.897. The molecule has 0 N–H and O–H groups in total. The summed E-state index contributed by atoms with van der Waals surface area (Å²) in [6.45, 7) is 0.492. The normalized spacial score (nSPS) is 10.9. The fourth-order valence-corrected chi connectivity index (χ4v) is 1.25. The second kappa shape index (κ2) is 6.11. The zero-order chi connectivity index (χ0) is 12.0. The first kappa shape index (κ1) is 12.5. The molecule has 0 saturated heterocycles. The molecule has 1 aromatic rings. The van der Waals surface area contributed by atoms with Gasteiger partial charge in [-0.25, -0.2) is 9.59 Å². The van der Waals surface area contributed by atoms with E-state index in [9.17, 15) is 9.59 Å². The van der Waals surface area contributed by atoms with Crippen LogP contribution in [0.3, 0.4) is 0 Å². The highest BCUT2D eigenvalue weighted by Gasteiger charge is 2.03. The number of nitrogens with zero attached hydrogens (tertiary/aromatic N) is 4. The first-order chi connectivity index (χ1) is 7.69. The molecule has 0 saturated carbocycles. The number of thioether (sulfide) groups is 1. The van der Waals surface area contributed by atoms with Crippen molar-refractivity contribution in [1.82, 2.24) is 19.8 Å². The quantitative estimate of drug-likeness (QED) is 0.510. The summed E-state index contributed by atoms with van der Waals surface area (Å²) in [5, 5.41) is 7.25. The van der Waals surface area contributed by atoms with Gasteiger partial charge in [-0.05, 0) is 16.7 Å². The molecule has 0 aromatic carbocycles. The Balaban J connectivity index is 2.76. The lowest BCUT2D eigenvalue weighted by Gasteiger charge is -1.93. The molecule has 1 rings (SSSR count). The summed E-state index contributed by atoms with van der Waals surface area (Å²) < 4.78 is 6.60. The average molecular weight is 244 g/mol. The van der Waals surface area contributed by atoms with E-state index in [0.29, 0.717) is 6.54 Å². The van der Waals surface area contributed by atoms with Crippen LogP contribution in [-0.2, 0) is 16.1 Å². The average Bonchev–Trinajstić information content (AvgIpc) is 2.64. The third kappa shape index (κ3) is 3.23. The molecule has 7 nitrogen and oxygen atoms in total. The van der Waals surface area contributed by atoms with E-state index >= 15 is 0 Å². The van der Waals surface area contributed by atoms with Gasteiger partial charge in [0.15, 0.2) is 0 Å². The van der Waals surface area contributed by atoms with Crippen molar-refractivity contribution >= 4 is 23.9 Å². The van der Waals surface area contributed by atoms with E-state index < -0.39 is 5.97 Å². The number of methoxy groups -OCH3 is 1. The minimum absolute atomic E-state index is 0.380. The van der Waals surface area contributed by atoms with Crippen LogP contribution < -0.4 is 5.69 Å². The lowest BCUT2D eigenvalue weighted by molar-refractivity contribution is -0.134. The summed E-state index contributed by atoms with van der Waals surface area (Å²) in [5.74, 6) is 0.227. The van der Waals surface area contributed by atoms with Crippen LogP contribution in [0, 0.1) is 0 Å². The largest absolute Gasteiger partial charge is 0.466 e. The van der Waals surface area contributed by atoms with Gasteiger partial charge < -0.3 is 4.74 Å². The summed E-state index contributed by atoms with van der Waals surface area (Å²) in [6, 6.07) is 0. The Morgan fingerprint density at radius 2 is 2.31 bits per heavy atom. The molecule has 0 amide bonds. The predicted octanol–water partition coefficient (Wildman–Crippen LogP) is -0.554. The Morgan fingerprint density at radius 1 is 1.56 bits per heavy atom. The van der Waals surface area contributed by atoms with E-state index in [1.807, 2.05) is 6.26 Å². The summed E-state index contributed by atoms with van der Waals surface area (Å²) >= 11 is 1.61. The number of esters is 1. The summed E-state index contributed by atoms with van der Waals surface area (Å²) in [7, 11) is 1.25. The molecule has 1 aromatic heterocycles. The van der Waals surface area contributed by atoms with Gasteiger partial charge in [-0.3, -0.25) is 0 Å². The van der Waals surface area contributed by atoms with E-state index in [4.69, 9.17) is 0 Å². The highest BCUT2D eigenvalue weighted by molar-refractivity contribution is 7.98. The molecule has 0 unspecified atom stereocenters. The number of aromatic nitrogens is 4. The highest BCUT2D eigenvalue weighted by Crippen LogP contribution is 1.91. The SMILES string of the molecule is COC(=O)/C=C/n1nnn(CCSC)c1=O. The Morgan fingerprint density at radius 3 is 2.94 bits per heavy atom. The number of tetrazole rings is 1. The van der Waals surface area contributed by atoms with Gasteiger partial charge in [-0.15, -0.1) is 0 Å². The van der Waals surface area contributed by atoms with Crippen LogP contribution in [0.5, 0.6) is 0 Å². The Kier molecular flexibility index (Phi) is 4.77. The van der Waals surface area contributed by atoms with Crippen molar-refractivity contribution in [2.45, 2.75) is 6.54 Å². The molecule has 16 heavy (non-hydrogen) atoms. The molecule has 8 heteroatoms. The van der Waals surface area contributed by atoms with E-state index in [0.717, 1.165) is 16.5 Å². The zero-order valence-corrected chi connectivity index (χ0v) is 9.81. The first-order valence-electron chi connectivity index (χ1n) is 4.46. The van der Waals surface area contributed by atoms with Crippen molar-refractivity contribution in [3.8, 4) is 0 Å². The Hall–Kier alpha value is -1.57. The van der Waals surface area contributed by atoms with Crippen LogP contribution in [0.4, 0.5) is 0 Å². The van der Waals surface area contributed by atoms with Crippen LogP contribution in [0.1, 0.15) is 0 Å². The van der Waals surface area contributed by atoms with Crippen molar-refractivity contribution in [3.63, 3.8) is 0 Å². The second-order valence-corrected chi connectivity index (χ2v) is 3.75. The summed E-state index contributed by atoms with van der Waals surface area (Å²) in [4.78, 5) is 22.4. The minimum Gasteiger partial charge on any atom is -0.466 e. The molecule has 0 aliphatic carbocycles. The molecule has 88 valence electrons. The van der Waals surface area contributed by atoms with E-state index in [2.05, 4.69) is 15.2 Å². The molecule has 0 bridgehead atoms. The molecule has 0 fully saturated rings. The molecule has 0 radical (unpaired) electrons. The molecule has 0 atom stereocenters. The molecule has 0 spiro atoms. The van der Waals surface area contributed by atoms with Crippen LogP contribution in [-0.4, -0.2) is 44.9 Å². The van der Waals surface area contributed by atoms with E-state index in [1.165, 1.54) is 18.0 Å². The lowest BCUT2D eigenvalue weighted by Crippen LogP contribution is -2.23. The monoisotopic (exact) mass is 244 g/mol. The highest BCUT2D eigenvalue weighted by atomic mass is 32.2. The van der Waals surface area contributed by atoms with Gasteiger partial charge >= 0.3 is 11.7 Å². The number of carbonyl (C=O) groups is 1. The van der Waals surface area contributed by atoms with Crippen molar-refractivity contribution in [2.24, 2.45) is 0 Å². The van der Waals surface area contributed by atoms with Crippen molar-refractivity contribution in [3.05, 3.63) is 16.6 Å². The third-order valence-corrected chi connectivity index (χ3v) is 2.31.